The van der Waals surface area contributed by atoms with Gasteiger partial charge in [-0.15, -0.1) is 0 Å². The lowest BCUT2D eigenvalue weighted by Gasteiger charge is -2.19. The lowest BCUT2D eigenvalue weighted by atomic mass is 9.85. The summed E-state index contributed by atoms with van der Waals surface area (Å²) in [5.41, 5.74) is 14.1. The zero-order valence-corrected chi connectivity index (χ0v) is 31.6. The predicted molar refractivity (Wildman–Crippen MR) is 238 cm³/mol. The molecule has 9 rings (SSSR count). The van der Waals surface area contributed by atoms with Crippen LogP contribution in [-0.2, 0) is 0 Å². The van der Waals surface area contributed by atoms with Crippen molar-refractivity contribution >= 4 is 16.8 Å². The summed E-state index contributed by atoms with van der Waals surface area (Å²) in [4.78, 5) is 18.8. The third-order valence-corrected chi connectivity index (χ3v) is 10.1. The number of rotatable bonds is 9. The van der Waals surface area contributed by atoms with Crippen molar-refractivity contribution in [2.45, 2.75) is 0 Å². The van der Waals surface area contributed by atoms with Gasteiger partial charge in [-0.05, 0) is 79.9 Å². The Labute approximate surface area is 339 Å². The standard InChI is InChI=1S/C54H36N4/c1-55-49-32-30-38(31-33-49)46-35-47(37-48(36-46)54-57-52(42-24-13-5-14-25-42)56-53(58-54)43-26-15-6-16-27-43)44-28-17-29-45(34-44)51(41-22-11-4-12-23-41)50(39-18-7-2-8-19-39)40-20-9-3-10-21-40/h2-37H. The van der Waals surface area contributed by atoms with Crippen LogP contribution in [0.5, 0.6) is 0 Å². The van der Waals surface area contributed by atoms with Crippen LogP contribution in [0.25, 0.3) is 72.4 Å². The van der Waals surface area contributed by atoms with E-state index in [0.29, 0.717) is 23.2 Å². The summed E-state index contributed by atoms with van der Waals surface area (Å²) < 4.78 is 0. The molecule has 0 saturated carbocycles. The highest BCUT2D eigenvalue weighted by Gasteiger charge is 2.18. The van der Waals surface area contributed by atoms with E-state index in [1.165, 1.54) is 0 Å². The van der Waals surface area contributed by atoms with Gasteiger partial charge in [-0.2, -0.15) is 0 Å². The molecule has 272 valence electrons. The monoisotopic (exact) mass is 740 g/mol. The van der Waals surface area contributed by atoms with Gasteiger partial charge >= 0.3 is 0 Å². The number of hydrogen-bond donors (Lipinski definition) is 0. The van der Waals surface area contributed by atoms with Crippen molar-refractivity contribution in [1.82, 2.24) is 15.0 Å². The molecule has 0 unspecified atom stereocenters. The van der Waals surface area contributed by atoms with Crippen LogP contribution >= 0.6 is 0 Å². The Bertz CT molecular complexity index is 2800. The average Bonchev–Trinajstić information content (AvgIpc) is 3.32. The van der Waals surface area contributed by atoms with Crippen molar-refractivity contribution < 1.29 is 0 Å². The van der Waals surface area contributed by atoms with Crippen molar-refractivity contribution in [3.05, 3.63) is 252 Å². The van der Waals surface area contributed by atoms with Gasteiger partial charge in [0, 0.05) is 16.7 Å². The number of hydrogen-bond acceptors (Lipinski definition) is 3. The maximum absolute atomic E-state index is 7.55. The SMILES string of the molecule is [C-]#[N+]c1ccc(-c2cc(-c3cccc(C(=C(c4ccccc4)c4ccccc4)c4ccccc4)c3)cc(-c3nc(-c4ccccc4)nc(-c4ccccc4)n3)c2)cc1. The van der Waals surface area contributed by atoms with Crippen LogP contribution in [0.15, 0.2) is 218 Å². The fourth-order valence-corrected chi connectivity index (χ4v) is 7.34. The van der Waals surface area contributed by atoms with Crippen molar-refractivity contribution in [3.63, 3.8) is 0 Å². The number of nitrogens with zero attached hydrogens (tertiary/aromatic N) is 4. The molecule has 0 aliphatic carbocycles. The molecule has 0 bridgehead atoms. The van der Waals surface area contributed by atoms with E-state index in [2.05, 4.69) is 138 Å². The van der Waals surface area contributed by atoms with Gasteiger partial charge in [0.25, 0.3) is 0 Å². The lowest BCUT2D eigenvalue weighted by molar-refractivity contribution is 1.07. The predicted octanol–water partition coefficient (Wildman–Crippen LogP) is 13.8. The smallest absolute Gasteiger partial charge is 0.187 e. The van der Waals surface area contributed by atoms with Gasteiger partial charge in [-0.3, -0.25) is 0 Å². The molecule has 0 aliphatic rings. The molecule has 1 aromatic heterocycles. The summed E-state index contributed by atoms with van der Waals surface area (Å²) >= 11 is 0. The zero-order chi connectivity index (χ0) is 39.1. The van der Waals surface area contributed by atoms with Crippen molar-refractivity contribution in [2.24, 2.45) is 0 Å². The van der Waals surface area contributed by atoms with Crippen LogP contribution in [0.4, 0.5) is 5.69 Å². The van der Waals surface area contributed by atoms with E-state index in [0.717, 1.165) is 72.3 Å². The molecule has 0 spiro atoms. The third-order valence-electron chi connectivity index (χ3n) is 10.1. The van der Waals surface area contributed by atoms with Crippen molar-refractivity contribution in [2.75, 3.05) is 0 Å². The van der Waals surface area contributed by atoms with Gasteiger partial charge < -0.3 is 0 Å². The quantitative estimate of drug-likeness (QED) is 0.109. The van der Waals surface area contributed by atoms with Crippen molar-refractivity contribution in [3.8, 4) is 56.4 Å². The van der Waals surface area contributed by atoms with Crippen LogP contribution in [0.1, 0.15) is 22.3 Å². The van der Waals surface area contributed by atoms with Gasteiger partial charge in [0.05, 0.1) is 6.57 Å². The highest BCUT2D eigenvalue weighted by Crippen LogP contribution is 2.39. The molecule has 4 nitrogen and oxygen atoms in total. The van der Waals surface area contributed by atoms with Crippen molar-refractivity contribution in [1.29, 1.82) is 0 Å². The molecule has 0 radical (unpaired) electrons. The maximum atomic E-state index is 7.55. The van der Waals surface area contributed by atoms with E-state index in [1.54, 1.807) is 0 Å². The fourth-order valence-electron chi connectivity index (χ4n) is 7.34. The summed E-state index contributed by atoms with van der Waals surface area (Å²) in [5, 5.41) is 0. The molecule has 0 amide bonds. The molecule has 0 fully saturated rings. The summed E-state index contributed by atoms with van der Waals surface area (Å²) in [5.74, 6) is 1.78. The van der Waals surface area contributed by atoms with E-state index in [9.17, 15) is 0 Å². The van der Waals surface area contributed by atoms with Gasteiger partial charge in [-0.25, -0.2) is 19.8 Å². The van der Waals surface area contributed by atoms with Crippen LogP contribution in [-0.4, -0.2) is 15.0 Å². The van der Waals surface area contributed by atoms with E-state index >= 15 is 0 Å². The minimum absolute atomic E-state index is 0.574. The lowest BCUT2D eigenvalue weighted by Crippen LogP contribution is -2.00. The Morgan fingerprint density at radius 1 is 0.293 bits per heavy atom. The molecular formula is C54H36N4. The fraction of sp³-hybridized carbons (Fsp3) is 0. The summed E-state index contributed by atoms with van der Waals surface area (Å²) in [6.45, 7) is 7.55. The first kappa shape index (κ1) is 35.7. The van der Waals surface area contributed by atoms with Crippen LogP contribution in [0.3, 0.4) is 0 Å². The molecule has 58 heavy (non-hydrogen) atoms. The van der Waals surface area contributed by atoms with Crippen LogP contribution < -0.4 is 0 Å². The number of benzene rings is 8. The molecule has 0 N–H and O–H groups in total. The van der Waals surface area contributed by atoms with Gasteiger partial charge in [0.2, 0.25) is 0 Å². The highest BCUT2D eigenvalue weighted by atomic mass is 15.0. The van der Waals surface area contributed by atoms with E-state index in [4.69, 9.17) is 21.5 Å². The molecule has 0 atom stereocenters. The molecule has 0 saturated heterocycles. The Balaban J connectivity index is 1.27. The zero-order valence-electron chi connectivity index (χ0n) is 31.6. The molecule has 9 aromatic rings. The van der Waals surface area contributed by atoms with Crippen LogP contribution in [0, 0.1) is 6.57 Å². The summed E-state index contributed by atoms with van der Waals surface area (Å²) in [6.07, 6.45) is 0. The topological polar surface area (TPSA) is 43.0 Å². The Kier molecular flexibility index (Phi) is 10.1. The normalized spacial score (nSPS) is 10.7. The summed E-state index contributed by atoms with van der Waals surface area (Å²) in [7, 11) is 0. The van der Waals surface area contributed by atoms with Gasteiger partial charge in [-0.1, -0.05) is 194 Å². The largest absolute Gasteiger partial charge is 0.238 e. The third kappa shape index (κ3) is 7.62. The first-order valence-corrected chi connectivity index (χ1v) is 19.2. The van der Waals surface area contributed by atoms with Gasteiger partial charge in [0.1, 0.15) is 0 Å². The molecule has 8 aromatic carbocycles. The number of aromatic nitrogens is 3. The molecular weight excluding hydrogens is 705 g/mol. The second-order valence-electron chi connectivity index (χ2n) is 13.9. The minimum Gasteiger partial charge on any atom is -0.238 e. The summed E-state index contributed by atoms with van der Waals surface area (Å²) in [6, 6.07) is 75.1. The Morgan fingerprint density at radius 3 is 1.12 bits per heavy atom. The Hall–Kier alpha value is -8.00. The highest BCUT2D eigenvalue weighted by molar-refractivity contribution is 6.05. The van der Waals surface area contributed by atoms with E-state index in [1.807, 2.05) is 84.9 Å². The van der Waals surface area contributed by atoms with E-state index < -0.39 is 0 Å². The second kappa shape index (κ2) is 16.4. The first-order valence-electron chi connectivity index (χ1n) is 19.2. The molecule has 0 aliphatic heterocycles. The van der Waals surface area contributed by atoms with Gasteiger partial charge in [0.15, 0.2) is 23.2 Å². The first-order chi connectivity index (χ1) is 28.7. The average molecular weight is 741 g/mol. The second-order valence-corrected chi connectivity index (χ2v) is 13.9. The molecule has 1 heterocycles. The maximum Gasteiger partial charge on any atom is 0.187 e. The minimum atomic E-state index is 0.574. The van der Waals surface area contributed by atoms with Crippen LogP contribution in [0.2, 0.25) is 0 Å². The van der Waals surface area contributed by atoms with E-state index in [-0.39, 0.29) is 0 Å². The Morgan fingerprint density at radius 2 is 0.655 bits per heavy atom. The molecule has 4 heteroatoms.